The lowest BCUT2D eigenvalue weighted by atomic mass is 10.1. The van der Waals surface area contributed by atoms with E-state index < -0.39 is 23.6 Å². The minimum atomic E-state index is -4.76. The zero-order chi connectivity index (χ0) is 23.8. The number of nitrogens with one attached hydrogen (secondary N) is 1. The first-order valence-corrected chi connectivity index (χ1v) is 9.65. The van der Waals surface area contributed by atoms with Crippen LogP contribution in [0.1, 0.15) is 21.9 Å². The van der Waals surface area contributed by atoms with Crippen LogP contribution in [0.5, 0.6) is 11.5 Å². The number of hydrogen-bond acceptors (Lipinski definition) is 6. The summed E-state index contributed by atoms with van der Waals surface area (Å²) in [5.41, 5.74) is 0.515. The normalized spacial score (nSPS) is 11.5. The van der Waals surface area contributed by atoms with Crippen molar-refractivity contribution in [1.82, 2.24) is 19.6 Å². The van der Waals surface area contributed by atoms with Crippen LogP contribution in [0.15, 0.2) is 48.5 Å². The SMILES string of the molecule is COc1ccc(-c2cc(C(F)(F)F)n3nc(C(=O)Nc4cc(C)ccc4OC)nc3n2)cc1. The largest absolute Gasteiger partial charge is 0.497 e. The Bertz CT molecular complexity index is 1330. The molecule has 0 atom stereocenters. The van der Waals surface area contributed by atoms with Crippen LogP contribution in [0.4, 0.5) is 18.9 Å². The van der Waals surface area contributed by atoms with Crippen LogP contribution in [-0.2, 0) is 6.18 Å². The highest BCUT2D eigenvalue weighted by Gasteiger charge is 2.36. The number of hydrogen-bond donors (Lipinski definition) is 1. The van der Waals surface area contributed by atoms with E-state index in [9.17, 15) is 18.0 Å². The van der Waals surface area contributed by atoms with Crippen LogP contribution in [-0.4, -0.2) is 39.7 Å². The van der Waals surface area contributed by atoms with Crippen molar-refractivity contribution in [1.29, 1.82) is 0 Å². The summed E-state index contributed by atoms with van der Waals surface area (Å²) in [5, 5.41) is 6.34. The van der Waals surface area contributed by atoms with Crippen LogP contribution in [0.3, 0.4) is 0 Å². The predicted molar refractivity (Wildman–Crippen MR) is 113 cm³/mol. The van der Waals surface area contributed by atoms with Gasteiger partial charge >= 0.3 is 6.18 Å². The predicted octanol–water partition coefficient (Wildman–Crippen LogP) is 4.39. The van der Waals surface area contributed by atoms with Gasteiger partial charge in [0.25, 0.3) is 11.7 Å². The molecule has 0 aliphatic carbocycles. The molecule has 33 heavy (non-hydrogen) atoms. The van der Waals surface area contributed by atoms with Crippen molar-refractivity contribution in [3.63, 3.8) is 0 Å². The van der Waals surface area contributed by atoms with E-state index in [1.165, 1.54) is 14.2 Å². The van der Waals surface area contributed by atoms with Crippen LogP contribution in [0.2, 0.25) is 0 Å². The smallest absolute Gasteiger partial charge is 0.433 e. The number of anilines is 1. The van der Waals surface area contributed by atoms with Gasteiger partial charge in [0.1, 0.15) is 11.5 Å². The first-order chi connectivity index (χ1) is 15.7. The summed E-state index contributed by atoms with van der Waals surface area (Å²) in [4.78, 5) is 20.8. The number of fused-ring (bicyclic) bond motifs is 1. The average molecular weight is 457 g/mol. The van der Waals surface area contributed by atoms with E-state index in [1.54, 1.807) is 42.5 Å². The Balaban J connectivity index is 1.77. The van der Waals surface area contributed by atoms with Gasteiger partial charge in [0, 0.05) is 5.56 Å². The molecular formula is C22H18F3N5O3. The van der Waals surface area contributed by atoms with Gasteiger partial charge in [0.05, 0.1) is 25.6 Å². The second-order valence-electron chi connectivity index (χ2n) is 7.06. The Labute approximate surface area is 186 Å². The number of aromatic nitrogens is 4. The van der Waals surface area contributed by atoms with Crippen LogP contribution in [0.25, 0.3) is 17.0 Å². The van der Waals surface area contributed by atoms with E-state index in [2.05, 4.69) is 20.4 Å². The maximum absolute atomic E-state index is 13.8. The number of halogens is 3. The van der Waals surface area contributed by atoms with E-state index in [1.807, 2.05) is 6.92 Å². The number of alkyl halides is 3. The molecule has 0 radical (unpaired) electrons. The van der Waals surface area contributed by atoms with Crippen molar-refractivity contribution >= 4 is 17.4 Å². The second kappa shape index (κ2) is 8.41. The van der Waals surface area contributed by atoms with Gasteiger partial charge in [-0.1, -0.05) is 6.07 Å². The molecule has 0 unspecified atom stereocenters. The number of carbonyl (C=O) groups is 1. The molecule has 0 aliphatic rings. The van der Waals surface area contributed by atoms with Gasteiger partial charge in [-0.3, -0.25) is 4.79 Å². The molecule has 2 heterocycles. The quantitative estimate of drug-likeness (QED) is 0.478. The summed E-state index contributed by atoms with van der Waals surface area (Å²) in [5.74, 6) is -0.707. The zero-order valence-electron chi connectivity index (χ0n) is 17.8. The van der Waals surface area contributed by atoms with Gasteiger partial charge in [0.2, 0.25) is 5.82 Å². The van der Waals surface area contributed by atoms with Crippen molar-refractivity contribution in [3.8, 4) is 22.8 Å². The first kappa shape index (κ1) is 22.1. The lowest BCUT2D eigenvalue weighted by Crippen LogP contribution is -2.16. The summed E-state index contributed by atoms with van der Waals surface area (Å²) < 4.78 is 52.1. The van der Waals surface area contributed by atoms with Crippen LogP contribution < -0.4 is 14.8 Å². The summed E-state index contributed by atoms with van der Waals surface area (Å²) in [6.07, 6.45) is -4.76. The molecule has 0 saturated heterocycles. The Hall–Kier alpha value is -4.15. The van der Waals surface area contributed by atoms with E-state index in [0.29, 0.717) is 27.3 Å². The highest BCUT2D eigenvalue weighted by Crippen LogP contribution is 2.32. The van der Waals surface area contributed by atoms with E-state index in [-0.39, 0.29) is 11.5 Å². The van der Waals surface area contributed by atoms with Gasteiger partial charge < -0.3 is 14.8 Å². The molecule has 0 fully saturated rings. The third-order valence-electron chi connectivity index (χ3n) is 4.79. The van der Waals surface area contributed by atoms with Crippen molar-refractivity contribution in [2.75, 3.05) is 19.5 Å². The molecule has 0 aliphatic heterocycles. The van der Waals surface area contributed by atoms with Crippen LogP contribution in [0, 0.1) is 6.92 Å². The average Bonchev–Trinajstić information content (AvgIpc) is 3.22. The number of rotatable bonds is 5. The fourth-order valence-electron chi connectivity index (χ4n) is 3.17. The molecule has 1 amide bonds. The standard InChI is InChI=1S/C22H18F3N5O3/c1-12-4-9-17(33-3)16(10-12)26-20(31)19-28-21-27-15(13-5-7-14(32-2)8-6-13)11-18(22(23,24)25)30(21)29-19/h4-11H,1-3H3,(H,26,31). The maximum Gasteiger partial charge on any atom is 0.433 e. The number of nitrogens with zero attached hydrogens (tertiary/aromatic N) is 4. The number of amides is 1. The Morgan fingerprint density at radius 2 is 1.73 bits per heavy atom. The fraction of sp³-hybridized carbons (Fsp3) is 0.182. The number of benzene rings is 2. The maximum atomic E-state index is 13.8. The monoisotopic (exact) mass is 457 g/mol. The van der Waals surface area contributed by atoms with E-state index in [4.69, 9.17) is 9.47 Å². The molecule has 11 heteroatoms. The summed E-state index contributed by atoms with van der Waals surface area (Å²) in [6, 6.07) is 12.3. The lowest BCUT2D eigenvalue weighted by Gasteiger charge is -2.10. The number of ether oxygens (including phenoxy) is 2. The Morgan fingerprint density at radius 3 is 2.36 bits per heavy atom. The third kappa shape index (κ3) is 4.43. The molecule has 0 bridgehead atoms. The topological polar surface area (TPSA) is 90.6 Å². The van der Waals surface area contributed by atoms with Gasteiger partial charge in [-0.25, -0.2) is 4.98 Å². The molecule has 4 aromatic rings. The van der Waals surface area contributed by atoms with E-state index in [0.717, 1.165) is 11.6 Å². The third-order valence-corrected chi connectivity index (χ3v) is 4.79. The summed E-state index contributed by atoms with van der Waals surface area (Å²) in [6.45, 7) is 1.82. The highest BCUT2D eigenvalue weighted by molar-refractivity contribution is 6.02. The molecular weight excluding hydrogens is 439 g/mol. The number of carbonyl (C=O) groups excluding carboxylic acids is 1. The van der Waals surface area contributed by atoms with E-state index >= 15 is 0 Å². The molecule has 2 aromatic heterocycles. The molecule has 0 spiro atoms. The van der Waals surface area contributed by atoms with Gasteiger partial charge in [-0.15, -0.1) is 5.10 Å². The molecule has 8 nitrogen and oxygen atoms in total. The van der Waals surface area contributed by atoms with Gasteiger partial charge in [-0.05, 0) is 55.0 Å². The fourth-order valence-corrected chi connectivity index (χ4v) is 3.17. The van der Waals surface area contributed by atoms with Crippen molar-refractivity contribution in [3.05, 3.63) is 65.6 Å². The molecule has 170 valence electrons. The highest BCUT2D eigenvalue weighted by atomic mass is 19.4. The second-order valence-corrected chi connectivity index (χ2v) is 7.06. The molecule has 1 N–H and O–H groups in total. The number of aryl methyl sites for hydroxylation is 1. The summed E-state index contributed by atoms with van der Waals surface area (Å²) in [7, 11) is 2.92. The zero-order valence-corrected chi connectivity index (χ0v) is 17.8. The Morgan fingerprint density at radius 1 is 1.00 bits per heavy atom. The van der Waals surface area contributed by atoms with Gasteiger partial charge in [-0.2, -0.15) is 22.7 Å². The molecule has 4 rings (SSSR count). The first-order valence-electron chi connectivity index (χ1n) is 9.65. The molecule has 2 aromatic carbocycles. The lowest BCUT2D eigenvalue weighted by molar-refractivity contribution is -0.142. The minimum Gasteiger partial charge on any atom is -0.497 e. The van der Waals surface area contributed by atoms with Gasteiger partial charge in [0.15, 0.2) is 5.69 Å². The minimum absolute atomic E-state index is 0.0252. The van der Waals surface area contributed by atoms with Crippen molar-refractivity contribution in [2.24, 2.45) is 0 Å². The number of methoxy groups -OCH3 is 2. The summed E-state index contributed by atoms with van der Waals surface area (Å²) >= 11 is 0. The van der Waals surface area contributed by atoms with Crippen molar-refractivity contribution < 1.29 is 27.4 Å². The molecule has 0 saturated carbocycles. The van der Waals surface area contributed by atoms with Crippen molar-refractivity contribution in [2.45, 2.75) is 13.1 Å². The Kier molecular flexibility index (Phi) is 5.62. The van der Waals surface area contributed by atoms with Crippen LogP contribution >= 0.6 is 0 Å².